The predicted molar refractivity (Wildman–Crippen MR) is 76.5 cm³/mol. The Morgan fingerprint density at radius 2 is 1.84 bits per heavy atom. The van der Waals surface area contributed by atoms with Gasteiger partial charge in [-0.3, -0.25) is 14.5 Å². The van der Waals surface area contributed by atoms with Gasteiger partial charge in [-0.05, 0) is 31.0 Å². The van der Waals surface area contributed by atoms with Gasteiger partial charge < -0.3 is 0 Å². The Labute approximate surface area is 122 Å². The van der Waals surface area contributed by atoms with Crippen LogP contribution in [0.15, 0.2) is 18.2 Å². The Bertz CT molecular complexity index is 510. The summed E-state index contributed by atoms with van der Waals surface area (Å²) in [4.78, 5) is 25.8. The fourth-order valence-electron chi connectivity index (χ4n) is 1.76. The third kappa shape index (κ3) is 3.10. The van der Waals surface area contributed by atoms with Crippen molar-refractivity contribution in [3.05, 3.63) is 28.2 Å². The van der Waals surface area contributed by atoms with Crippen molar-refractivity contribution in [2.24, 2.45) is 11.8 Å². The molecule has 1 aliphatic rings. The smallest absolute Gasteiger partial charge is 0.236 e. The first-order valence-electron chi connectivity index (χ1n) is 6.24. The molecule has 1 aliphatic carbocycles. The van der Waals surface area contributed by atoms with Crippen molar-refractivity contribution in [1.29, 1.82) is 0 Å². The normalized spacial score (nSPS) is 14.6. The lowest BCUT2D eigenvalue weighted by Crippen LogP contribution is -2.40. The van der Waals surface area contributed by atoms with Crippen molar-refractivity contribution in [3.8, 4) is 0 Å². The molecule has 2 amide bonds. The van der Waals surface area contributed by atoms with Crippen LogP contribution in [0.3, 0.4) is 0 Å². The molecule has 0 heterocycles. The van der Waals surface area contributed by atoms with E-state index >= 15 is 0 Å². The first kappa shape index (κ1) is 14.4. The Kier molecular flexibility index (Phi) is 4.16. The van der Waals surface area contributed by atoms with Crippen LogP contribution < -0.4 is 4.90 Å². The fraction of sp³-hybridized carbons (Fsp3) is 0.429. The number of carbonyl (C=O) groups is 2. The topological polar surface area (TPSA) is 37.4 Å². The maximum Gasteiger partial charge on any atom is 0.236 e. The minimum absolute atomic E-state index is 0.0304. The van der Waals surface area contributed by atoms with E-state index in [-0.39, 0.29) is 23.7 Å². The molecule has 1 aromatic carbocycles. The minimum Gasteiger partial charge on any atom is -0.274 e. The van der Waals surface area contributed by atoms with Gasteiger partial charge in [-0.1, -0.05) is 37.0 Å². The summed E-state index contributed by atoms with van der Waals surface area (Å²) in [5.74, 6) is -0.637. The zero-order valence-corrected chi connectivity index (χ0v) is 12.3. The lowest BCUT2D eigenvalue weighted by molar-refractivity contribution is -0.128. The van der Waals surface area contributed by atoms with Crippen LogP contribution in [-0.4, -0.2) is 11.8 Å². The van der Waals surface area contributed by atoms with Gasteiger partial charge in [0.15, 0.2) is 0 Å². The molecule has 0 bridgehead atoms. The molecule has 0 atom stereocenters. The summed E-state index contributed by atoms with van der Waals surface area (Å²) in [5, 5.41) is 0.741. The van der Waals surface area contributed by atoms with Gasteiger partial charge >= 0.3 is 0 Å². The zero-order valence-electron chi connectivity index (χ0n) is 10.8. The summed E-state index contributed by atoms with van der Waals surface area (Å²) in [7, 11) is 0. The third-order valence-corrected chi connectivity index (χ3v) is 3.76. The summed E-state index contributed by atoms with van der Waals surface area (Å²) in [6.07, 6.45) is 1.70. The molecule has 19 heavy (non-hydrogen) atoms. The molecule has 3 nitrogen and oxygen atoms in total. The lowest BCUT2D eigenvalue weighted by Gasteiger charge is -2.23. The van der Waals surface area contributed by atoms with Crippen LogP contribution in [0.5, 0.6) is 0 Å². The highest BCUT2D eigenvalue weighted by Crippen LogP contribution is 2.35. The summed E-state index contributed by atoms with van der Waals surface area (Å²) in [5.41, 5.74) is 0.491. The van der Waals surface area contributed by atoms with Crippen molar-refractivity contribution in [2.45, 2.75) is 26.7 Å². The van der Waals surface area contributed by atoms with Gasteiger partial charge in [-0.15, -0.1) is 0 Å². The van der Waals surface area contributed by atoms with E-state index in [4.69, 9.17) is 23.2 Å². The average molecular weight is 300 g/mol. The summed E-state index contributed by atoms with van der Waals surface area (Å²) in [6, 6.07) is 4.80. The number of imide groups is 1. The monoisotopic (exact) mass is 299 g/mol. The number of amides is 2. The SMILES string of the molecule is CC(C)C(=O)N(C(=O)C1CC1)c1ccc(Cl)c(Cl)c1. The Morgan fingerprint density at radius 3 is 2.32 bits per heavy atom. The van der Waals surface area contributed by atoms with Gasteiger partial charge in [0.05, 0.1) is 15.7 Å². The van der Waals surface area contributed by atoms with Gasteiger partial charge in [-0.25, -0.2) is 0 Å². The van der Waals surface area contributed by atoms with Crippen molar-refractivity contribution >= 4 is 40.7 Å². The van der Waals surface area contributed by atoms with Crippen LogP contribution in [0, 0.1) is 11.8 Å². The molecule has 0 aliphatic heterocycles. The van der Waals surface area contributed by atoms with Crippen molar-refractivity contribution in [1.82, 2.24) is 0 Å². The molecule has 0 aromatic heterocycles. The molecule has 0 N–H and O–H groups in total. The minimum atomic E-state index is -0.253. The molecule has 1 saturated carbocycles. The quantitative estimate of drug-likeness (QED) is 0.848. The van der Waals surface area contributed by atoms with Crippen molar-refractivity contribution in [2.75, 3.05) is 4.90 Å². The maximum atomic E-state index is 12.3. The number of hydrogen-bond acceptors (Lipinski definition) is 2. The van der Waals surface area contributed by atoms with Crippen molar-refractivity contribution < 1.29 is 9.59 Å². The Morgan fingerprint density at radius 1 is 1.21 bits per heavy atom. The van der Waals surface area contributed by atoms with Crippen LogP contribution in [-0.2, 0) is 9.59 Å². The average Bonchev–Trinajstić information content (AvgIpc) is 3.17. The number of halogens is 2. The molecular weight excluding hydrogens is 285 g/mol. The first-order chi connectivity index (χ1) is 8.91. The third-order valence-electron chi connectivity index (χ3n) is 3.02. The highest BCUT2D eigenvalue weighted by atomic mass is 35.5. The maximum absolute atomic E-state index is 12.3. The van der Waals surface area contributed by atoms with E-state index in [1.165, 1.54) is 4.90 Å². The van der Waals surface area contributed by atoms with Crippen LogP contribution in [0.25, 0.3) is 0 Å². The standard InChI is InChI=1S/C14H15Cl2NO2/c1-8(2)13(18)17(14(19)9-3-4-9)10-5-6-11(15)12(16)7-10/h5-9H,3-4H2,1-2H3. The van der Waals surface area contributed by atoms with E-state index < -0.39 is 0 Å². The molecule has 0 unspecified atom stereocenters. The number of carbonyl (C=O) groups excluding carboxylic acids is 2. The molecule has 0 radical (unpaired) electrons. The molecule has 1 fully saturated rings. The van der Waals surface area contributed by atoms with Gasteiger partial charge in [0.1, 0.15) is 0 Å². The van der Waals surface area contributed by atoms with E-state index in [0.717, 1.165) is 12.8 Å². The fourth-order valence-corrected chi connectivity index (χ4v) is 2.05. The zero-order chi connectivity index (χ0) is 14.2. The highest BCUT2D eigenvalue weighted by molar-refractivity contribution is 6.42. The second-order valence-corrected chi connectivity index (χ2v) is 5.85. The van der Waals surface area contributed by atoms with E-state index in [9.17, 15) is 9.59 Å². The molecule has 2 rings (SSSR count). The number of rotatable bonds is 3. The van der Waals surface area contributed by atoms with Gasteiger partial charge in [0, 0.05) is 11.8 Å². The molecule has 0 saturated heterocycles. The van der Waals surface area contributed by atoms with E-state index in [1.807, 2.05) is 0 Å². The number of anilines is 1. The van der Waals surface area contributed by atoms with Gasteiger partial charge in [0.2, 0.25) is 11.8 Å². The molecule has 102 valence electrons. The Hall–Kier alpha value is -1.06. The second-order valence-electron chi connectivity index (χ2n) is 5.04. The van der Waals surface area contributed by atoms with Gasteiger partial charge in [-0.2, -0.15) is 0 Å². The molecule has 0 spiro atoms. The summed E-state index contributed by atoms with van der Waals surface area (Å²) in [6.45, 7) is 3.54. The first-order valence-corrected chi connectivity index (χ1v) is 7.00. The van der Waals surface area contributed by atoms with Crippen LogP contribution >= 0.6 is 23.2 Å². The van der Waals surface area contributed by atoms with E-state index in [1.54, 1.807) is 32.0 Å². The highest BCUT2D eigenvalue weighted by Gasteiger charge is 2.37. The van der Waals surface area contributed by atoms with E-state index in [0.29, 0.717) is 15.7 Å². The molecular formula is C14H15Cl2NO2. The van der Waals surface area contributed by atoms with Crippen LogP contribution in [0.4, 0.5) is 5.69 Å². The number of nitrogens with zero attached hydrogens (tertiary/aromatic N) is 1. The van der Waals surface area contributed by atoms with Crippen molar-refractivity contribution in [3.63, 3.8) is 0 Å². The van der Waals surface area contributed by atoms with Gasteiger partial charge in [0.25, 0.3) is 0 Å². The predicted octanol–water partition coefficient (Wildman–Crippen LogP) is 3.92. The van der Waals surface area contributed by atoms with E-state index in [2.05, 4.69) is 0 Å². The van der Waals surface area contributed by atoms with Crippen LogP contribution in [0.1, 0.15) is 26.7 Å². The Balaban J connectivity index is 2.38. The largest absolute Gasteiger partial charge is 0.274 e. The number of hydrogen-bond donors (Lipinski definition) is 0. The number of benzene rings is 1. The second kappa shape index (κ2) is 5.51. The molecule has 1 aromatic rings. The van der Waals surface area contributed by atoms with Crippen LogP contribution in [0.2, 0.25) is 10.0 Å². The summed E-state index contributed by atoms with van der Waals surface area (Å²) < 4.78 is 0. The summed E-state index contributed by atoms with van der Waals surface area (Å²) >= 11 is 11.8. The lowest BCUT2D eigenvalue weighted by atomic mass is 10.1. The molecule has 5 heteroatoms.